The molecule has 1 atom stereocenters. The van der Waals surface area contributed by atoms with E-state index in [-0.39, 0.29) is 18.3 Å². The van der Waals surface area contributed by atoms with Crippen LogP contribution in [0.4, 0.5) is 0 Å². The number of carbonyl (C=O) groups excluding carboxylic acids is 2. The Kier molecular flexibility index (Phi) is 5.61. The number of likely N-dealkylation sites (tertiary alicyclic amines) is 1. The Morgan fingerprint density at radius 1 is 1.33 bits per heavy atom. The monoisotopic (exact) mass is 355 g/mol. The highest BCUT2D eigenvalue weighted by atomic mass is 79.9. The van der Waals surface area contributed by atoms with Gasteiger partial charge >= 0.3 is 5.97 Å². The van der Waals surface area contributed by atoms with Crippen LogP contribution in [0.5, 0.6) is 5.75 Å². The summed E-state index contributed by atoms with van der Waals surface area (Å²) in [7, 11) is 1.35. The molecule has 2 rings (SSSR count). The lowest BCUT2D eigenvalue weighted by molar-refractivity contribution is -0.151. The molecule has 1 saturated heterocycles. The van der Waals surface area contributed by atoms with Gasteiger partial charge < -0.3 is 14.4 Å². The number of hydrogen-bond acceptors (Lipinski definition) is 4. The molecule has 1 amide bonds. The Labute approximate surface area is 132 Å². The van der Waals surface area contributed by atoms with Gasteiger partial charge in [0, 0.05) is 11.0 Å². The second-order valence-corrected chi connectivity index (χ2v) is 5.74. The molecule has 6 heteroatoms. The molecule has 0 saturated carbocycles. The van der Waals surface area contributed by atoms with Crippen LogP contribution in [0.1, 0.15) is 19.3 Å². The summed E-state index contributed by atoms with van der Waals surface area (Å²) in [5, 5.41) is 0. The van der Waals surface area contributed by atoms with Crippen molar-refractivity contribution in [2.75, 3.05) is 20.3 Å². The van der Waals surface area contributed by atoms with Crippen molar-refractivity contribution in [1.82, 2.24) is 4.90 Å². The number of halogens is 1. The molecule has 5 nitrogen and oxygen atoms in total. The van der Waals surface area contributed by atoms with E-state index in [1.165, 1.54) is 7.11 Å². The van der Waals surface area contributed by atoms with Gasteiger partial charge in [0.15, 0.2) is 0 Å². The lowest BCUT2D eigenvalue weighted by Crippen LogP contribution is -2.41. The van der Waals surface area contributed by atoms with Crippen LogP contribution >= 0.6 is 15.9 Å². The van der Waals surface area contributed by atoms with Crippen LogP contribution in [-0.2, 0) is 14.3 Å². The lowest BCUT2D eigenvalue weighted by atomic mass is 10.2. The van der Waals surface area contributed by atoms with Crippen LogP contribution in [0.3, 0.4) is 0 Å². The van der Waals surface area contributed by atoms with Gasteiger partial charge in [-0.2, -0.15) is 0 Å². The summed E-state index contributed by atoms with van der Waals surface area (Å²) >= 11 is 3.35. The van der Waals surface area contributed by atoms with Gasteiger partial charge in [-0.3, -0.25) is 4.79 Å². The SMILES string of the molecule is COC(=O)C1CCCN1C(=O)CCOc1ccc(Br)cc1. The minimum Gasteiger partial charge on any atom is -0.493 e. The fourth-order valence-corrected chi connectivity index (χ4v) is 2.64. The van der Waals surface area contributed by atoms with E-state index in [0.717, 1.165) is 16.6 Å². The molecule has 0 radical (unpaired) electrons. The number of rotatable bonds is 5. The summed E-state index contributed by atoms with van der Waals surface area (Å²) in [4.78, 5) is 25.3. The van der Waals surface area contributed by atoms with Gasteiger partial charge in [0.25, 0.3) is 0 Å². The topological polar surface area (TPSA) is 55.8 Å². The molecule has 0 aliphatic carbocycles. The van der Waals surface area contributed by atoms with Crippen molar-refractivity contribution in [1.29, 1.82) is 0 Å². The molecular weight excluding hydrogens is 338 g/mol. The number of benzene rings is 1. The molecule has 1 fully saturated rings. The Morgan fingerprint density at radius 2 is 2.05 bits per heavy atom. The maximum absolute atomic E-state index is 12.2. The van der Waals surface area contributed by atoms with E-state index < -0.39 is 6.04 Å². The smallest absolute Gasteiger partial charge is 0.328 e. The third-order valence-electron chi connectivity index (χ3n) is 3.44. The highest BCUT2D eigenvalue weighted by Gasteiger charge is 2.34. The van der Waals surface area contributed by atoms with Gasteiger partial charge in [-0.25, -0.2) is 4.79 Å². The first-order chi connectivity index (χ1) is 10.1. The zero-order valence-corrected chi connectivity index (χ0v) is 13.5. The van der Waals surface area contributed by atoms with Crippen molar-refractivity contribution < 1.29 is 19.1 Å². The van der Waals surface area contributed by atoms with Gasteiger partial charge in [-0.1, -0.05) is 15.9 Å². The van der Waals surface area contributed by atoms with Gasteiger partial charge in [-0.15, -0.1) is 0 Å². The summed E-state index contributed by atoms with van der Waals surface area (Å²) < 4.78 is 11.2. The van der Waals surface area contributed by atoms with E-state index in [1.807, 2.05) is 24.3 Å². The molecule has 1 heterocycles. The number of ether oxygens (including phenoxy) is 2. The largest absolute Gasteiger partial charge is 0.493 e. The Hall–Kier alpha value is -1.56. The third kappa shape index (κ3) is 4.20. The van der Waals surface area contributed by atoms with Crippen LogP contribution in [0, 0.1) is 0 Å². The molecule has 1 aromatic carbocycles. The highest BCUT2D eigenvalue weighted by Crippen LogP contribution is 2.20. The van der Waals surface area contributed by atoms with E-state index in [4.69, 9.17) is 9.47 Å². The summed E-state index contributed by atoms with van der Waals surface area (Å²) in [6.07, 6.45) is 1.76. The number of hydrogen-bond donors (Lipinski definition) is 0. The molecule has 0 spiro atoms. The first-order valence-corrected chi connectivity index (χ1v) is 7.67. The first-order valence-electron chi connectivity index (χ1n) is 6.87. The van der Waals surface area contributed by atoms with E-state index in [1.54, 1.807) is 4.90 Å². The fraction of sp³-hybridized carbons (Fsp3) is 0.467. The number of amides is 1. The van der Waals surface area contributed by atoms with Gasteiger partial charge in [0.05, 0.1) is 20.1 Å². The highest BCUT2D eigenvalue weighted by molar-refractivity contribution is 9.10. The van der Waals surface area contributed by atoms with E-state index in [0.29, 0.717) is 19.6 Å². The van der Waals surface area contributed by atoms with Gasteiger partial charge in [0.1, 0.15) is 11.8 Å². The average molecular weight is 356 g/mol. The zero-order chi connectivity index (χ0) is 15.2. The molecule has 1 aliphatic heterocycles. The summed E-state index contributed by atoms with van der Waals surface area (Å²) in [6, 6.07) is 6.99. The van der Waals surface area contributed by atoms with Crippen LogP contribution in [0.2, 0.25) is 0 Å². The quantitative estimate of drug-likeness (QED) is 0.761. The Balaban J connectivity index is 1.81. The van der Waals surface area contributed by atoms with Gasteiger partial charge in [-0.05, 0) is 37.1 Å². The number of methoxy groups -OCH3 is 1. The molecule has 1 unspecified atom stereocenters. The van der Waals surface area contributed by atoms with Crippen LogP contribution in [0.25, 0.3) is 0 Å². The Morgan fingerprint density at radius 3 is 2.71 bits per heavy atom. The molecule has 0 aromatic heterocycles. The zero-order valence-electron chi connectivity index (χ0n) is 11.9. The molecule has 114 valence electrons. The van der Waals surface area contributed by atoms with E-state index in [9.17, 15) is 9.59 Å². The summed E-state index contributed by atoms with van der Waals surface area (Å²) in [5.74, 6) is 0.312. The summed E-state index contributed by atoms with van der Waals surface area (Å²) in [5.41, 5.74) is 0. The van der Waals surface area contributed by atoms with E-state index >= 15 is 0 Å². The van der Waals surface area contributed by atoms with Crippen LogP contribution < -0.4 is 4.74 Å². The average Bonchev–Trinajstić information content (AvgIpc) is 2.98. The molecule has 0 N–H and O–H groups in total. The van der Waals surface area contributed by atoms with Crippen molar-refractivity contribution in [3.63, 3.8) is 0 Å². The van der Waals surface area contributed by atoms with E-state index in [2.05, 4.69) is 15.9 Å². The van der Waals surface area contributed by atoms with Crippen molar-refractivity contribution in [2.45, 2.75) is 25.3 Å². The summed E-state index contributed by atoms with van der Waals surface area (Å²) in [6.45, 7) is 0.905. The maximum atomic E-state index is 12.2. The van der Waals surface area contributed by atoms with Gasteiger partial charge in [0.2, 0.25) is 5.91 Å². The molecule has 21 heavy (non-hydrogen) atoms. The van der Waals surface area contributed by atoms with Crippen molar-refractivity contribution in [2.24, 2.45) is 0 Å². The molecule has 1 aromatic rings. The third-order valence-corrected chi connectivity index (χ3v) is 3.97. The first kappa shape index (κ1) is 15.8. The molecular formula is C15H18BrNO4. The van der Waals surface area contributed by atoms with Crippen LogP contribution in [0.15, 0.2) is 28.7 Å². The predicted octanol–water partition coefficient (Wildman–Crippen LogP) is 2.38. The van der Waals surface area contributed by atoms with Crippen molar-refractivity contribution in [3.8, 4) is 5.75 Å². The predicted molar refractivity (Wildman–Crippen MR) is 81.0 cm³/mol. The van der Waals surface area contributed by atoms with Crippen molar-refractivity contribution in [3.05, 3.63) is 28.7 Å². The lowest BCUT2D eigenvalue weighted by Gasteiger charge is -2.22. The second-order valence-electron chi connectivity index (χ2n) is 4.82. The molecule has 1 aliphatic rings. The number of nitrogens with zero attached hydrogens (tertiary/aromatic N) is 1. The number of carbonyl (C=O) groups is 2. The minimum atomic E-state index is -0.435. The normalized spacial score (nSPS) is 17.6. The minimum absolute atomic E-state index is 0.0694. The van der Waals surface area contributed by atoms with Crippen LogP contribution in [-0.4, -0.2) is 43.1 Å². The standard InChI is InChI=1S/C15H18BrNO4/c1-20-15(19)13-3-2-9-17(13)14(18)8-10-21-12-6-4-11(16)5-7-12/h4-7,13H,2-3,8-10H2,1H3. The number of esters is 1. The molecule has 0 bridgehead atoms. The fourth-order valence-electron chi connectivity index (χ4n) is 2.38. The maximum Gasteiger partial charge on any atom is 0.328 e. The van der Waals surface area contributed by atoms with Crippen molar-refractivity contribution >= 4 is 27.8 Å². The Bertz CT molecular complexity index is 503. The second kappa shape index (κ2) is 7.45.